The van der Waals surface area contributed by atoms with Gasteiger partial charge >= 0.3 is 6.03 Å². The molecule has 3 N–H and O–H groups in total. The summed E-state index contributed by atoms with van der Waals surface area (Å²) in [6, 6.07) is 13.3. The zero-order valence-electron chi connectivity index (χ0n) is 14.3. The lowest BCUT2D eigenvalue weighted by Crippen LogP contribution is -2.36. The summed E-state index contributed by atoms with van der Waals surface area (Å²) in [5.74, 6) is 0.627. The molecule has 7 nitrogen and oxygen atoms in total. The molecule has 1 heterocycles. The minimum Gasteiger partial charge on any atom is -0.457 e. The number of carbonyl (C=O) groups is 3. The monoisotopic (exact) mass is 387 g/mol. The second-order valence-electron chi connectivity index (χ2n) is 6.02. The first-order valence-electron chi connectivity index (χ1n) is 8.40. The number of rotatable bonds is 7. The van der Waals surface area contributed by atoms with E-state index in [4.69, 9.17) is 16.3 Å². The second-order valence-corrected chi connectivity index (χ2v) is 6.46. The molecule has 0 radical (unpaired) electrons. The maximum absolute atomic E-state index is 11.9. The highest BCUT2D eigenvalue weighted by atomic mass is 35.5. The first-order valence-corrected chi connectivity index (χ1v) is 8.78. The highest BCUT2D eigenvalue weighted by Crippen LogP contribution is 2.23. The molecular formula is C19H18ClN3O4. The molecule has 8 heteroatoms. The summed E-state index contributed by atoms with van der Waals surface area (Å²) in [4.78, 5) is 34.3. The van der Waals surface area contributed by atoms with Gasteiger partial charge in [-0.25, -0.2) is 4.79 Å². The van der Waals surface area contributed by atoms with Gasteiger partial charge in [0, 0.05) is 11.6 Å². The van der Waals surface area contributed by atoms with Gasteiger partial charge < -0.3 is 15.4 Å². The molecule has 140 valence electrons. The van der Waals surface area contributed by atoms with E-state index in [1.165, 1.54) is 0 Å². The number of hydrogen-bond acceptors (Lipinski definition) is 4. The number of nitrogens with one attached hydrogen (secondary N) is 3. The summed E-state index contributed by atoms with van der Waals surface area (Å²) in [5, 5.41) is 7.87. The molecular weight excluding hydrogens is 370 g/mol. The van der Waals surface area contributed by atoms with E-state index in [0.29, 0.717) is 29.5 Å². The van der Waals surface area contributed by atoms with Crippen LogP contribution in [-0.2, 0) is 16.0 Å². The number of hydrogen-bond donors (Lipinski definition) is 3. The van der Waals surface area contributed by atoms with Crippen molar-refractivity contribution in [1.82, 2.24) is 16.0 Å². The van der Waals surface area contributed by atoms with Gasteiger partial charge in [-0.15, -0.1) is 0 Å². The number of ether oxygens (including phenoxy) is 1. The van der Waals surface area contributed by atoms with Crippen molar-refractivity contribution in [2.75, 3.05) is 6.54 Å². The van der Waals surface area contributed by atoms with E-state index in [1.54, 1.807) is 24.3 Å². The molecule has 4 amide bonds. The highest BCUT2D eigenvalue weighted by Gasteiger charge is 2.30. The lowest BCUT2D eigenvalue weighted by Gasteiger charge is -2.09. The number of halogens is 1. The Morgan fingerprint density at radius 2 is 1.67 bits per heavy atom. The molecule has 0 spiro atoms. The summed E-state index contributed by atoms with van der Waals surface area (Å²) in [6.07, 6.45) is 0.557. The van der Waals surface area contributed by atoms with E-state index < -0.39 is 18.0 Å². The van der Waals surface area contributed by atoms with E-state index in [-0.39, 0.29) is 12.3 Å². The predicted octanol–water partition coefficient (Wildman–Crippen LogP) is 2.39. The van der Waals surface area contributed by atoms with Crippen molar-refractivity contribution in [3.8, 4) is 11.5 Å². The van der Waals surface area contributed by atoms with Crippen LogP contribution in [0.15, 0.2) is 48.5 Å². The van der Waals surface area contributed by atoms with Crippen molar-refractivity contribution >= 4 is 29.4 Å². The van der Waals surface area contributed by atoms with E-state index in [1.807, 2.05) is 24.3 Å². The molecule has 0 bridgehead atoms. The van der Waals surface area contributed by atoms with Crippen LogP contribution in [-0.4, -0.2) is 30.4 Å². The summed E-state index contributed by atoms with van der Waals surface area (Å²) in [5.41, 5.74) is 1.03. The number of benzene rings is 2. The predicted molar refractivity (Wildman–Crippen MR) is 99.8 cm³/mol. The van der Waals surface area contributed by atoms with Gasteiger partial charge in [-0.1, -0.05) is 23.7 Å². The molecule has 0 saturated carbocycles. The van der Waals surface area contributed by atoms with Gasteiger partial charge in [-0.2, -0.15) is 0 Å². The summed E-state index contributed by atoms with van der Waals surface area (Å²) in [7, 11) is 0. The largest absolute Gasteiger partial charge is 0.457 e. The van der Waals surface area contributed by atoms with E-state index >= 15 is 0 Å². The Balaban J connectivity index is 1.42. The van der Waals surface area contributed by atoms with E-state index in [2.05, 4.69) is 16.0 Å². The zero-order chi connectivity index (χ0) is 19.2. The lowest BCUT2D eigenvalue weighted by molar-refractivity contribution is -0.126. The Morgan fingerprint density at radius 1 is 1.04 bits per heavy atom. The molecule has 1 atom stereocenters. The average Bonchev–Trinajstić information content (AvgIpc) is 2.95. The number of urea groups is 1. The Morgan fingerprint density at radius 3 is 2.26 bits per heavy atom. The van der Waals surface area contributed by atoms with E-state index in [9.17, 15) is 14.4 Å². The number of amides is 4. The molecule has 2 aromatic carbocycles. The fraction of sp³-hybridized carbons (Fsp3) is 0.211. The summed E-state index contributed by atoms with van der Waals surface area (Å²) in [6.45, 7) is 0.429. The SMILES string of the molecule is O=C(CC1NC(=O)NC1=O)NCCc1ccc(Oc2ccc(Cl)cc2)cc1. The van der Waals surface area contributed by atoms with Crippen LogP contribution >= 0.6 is 11.6 Å². The third-order valence-corrected chi connectivity index (χ3v) is 4.21. The van der Waals surface area contributed by atoms with Crippen molar-refractivity contribution in [3.63, 3.8) is 0 Å². The Labute approximate surface area is 161 Å². The first-order chi connectivity index (χ1) is 13.0. The zero-order valence-corrected chi connectivity index (χ0v) is 15.1. The van der Waals surface area contributed by atoms with Crippen molar-refractivity contribution < 1.29 is 19.1 Å². The van der Waals surface area contributed by atoms with Crippen LogP contribution in [0.3, 0.4) is 0 Å². The Kier molecular flexibility index (Phi) is 5.93. The van der Waals surface area contributed by atoms with Crippen LogP contribution in [0.4, 0.5) is 4.79 Å². The van der Waals surface area contributed by atoms with Gasteiger partial charge in [-0.3, -0.25) is 14.9 Å². The van der Waals surface area contributed by atoms with Gasteiger partial charge in [0.1, 0.15) is 17.5 Å². The molecule has 1 aliphatic heterocycles. The molecule has 27 heavy (non-hydrogen) atoms. The molecule has 0 aromatic heterocycles. The van der Waals surface area contributed by atoms with Crippen molar-refractivity contribution in [2.24, 2.45) is 0 Å². The van der Waals surface area contributed by atoms with Crippen molar-refractivity contribution in [1.29, 1.82) is 0 Å². The van der Waals surface area contributed by atoms with Crippen LogP contribution in [0.1, 0.15) is 12.0 Å². The van der Waals surface area contributed by atoms with Crippen molar-refractivity contribution in [2.45, 2.75) is 18.9 Å². The van der Waals surface area contributed by atoms with Gasteiger partial charge in [0.05, 0.1) is 6.42 Å². The Hall–Kier alpha value is -3.06. The normalized spacial score (nSPS) is 15.8. The standard InChI is InChI=1S/C19H18ClN3O4/c20-13-3-7-15(8-4-13)27-14-5-1-12(2-6-14)9-10-21-17(24)11-16-18(25)23-19(26)22-16/h1-8,16H,9-11H2,(H,21,24)(H2,22,23,25,26). The smallest absolute Gasteiger partial charge is 0.322 e. The van der Waals surface area contributed by atoms with Crippen LogP contribution in [0.5, 0.6) is 11.5 Å². The van der Waals surface area contributed by atoms with Gasteiger partial charge in [-0.05, 0) is 48.4 Å². The maximum atomic E-state index is 11.9. The van der Waals surface area contributed by atoms with Crippen LogP contribution in [0.2, 0.25) is 5.02 Å². The topological polar surface area (TPSA) is 96.5 Å². The number of imide groups is 1. The summed E-state index contributed by atoms with van der Waals surface area (Å²) >= 11 is 5.84. The molecule has 1 unspecified atom stereocenters. The highest BCUT2D eigenvalue weighted by molar-refractivity contribution is 6.30. The molecule has 1 saturated heterocycles. The quantitative estimate of drug-likeness (QED) is 0.635. The third kappa shape index (κ3) is 5.46. The molecule has 2 aromatic rings. The minimum atomic E-state index is -0.804. The van der Waals surface area contributed by atoms with Crippen LogP contribution in [0, 0.1) is 0 Å². The molecule has 1 fully saturated rings. The van der Waals surface area contributed by atoms with E-state index in [0.717, 1.165) is 5.56 Å². The lowest BCUT2D eigenvalue weighted by atomic mass is 10.1. The number of carbonyl (C=O) groups excluding carboxylic acids is 3. The fourth-order valence-electron chi connectivity index (χ4n) is 2.57. The molecule has 3 rings (SSSR count). The molecule has 0 aliphatic carbocycles. The second kappa shape index (κ2) is 8.55. The first kappa shape index (κ1) is 18.7. The third-order valence-electron chi connectivity index (χ3n) is 3.96. The van der Waals surface area contributed by atoms with Crippen LogP contribution in [0.25, 0.3) is 0 Å². The maximum Gasteiger partial charge on any atom is 0.322 e. The molecule has 1 aliphatic rings. The Bertz CT molecular complexity index is 837. The van der Waals surface area contributed by atoms with Gasteiger partial charge in [0.25, 0.3) is 5.91 Å². The van der Waals surface area contributed by atoms with Crippen LogP contribution < -0.4 is 20.7 Å². The fourth-order valence-corrected chi connectivity index (χ4v) is 2.70. The van der Waals surface area contributed by atoms with Crippen molar-refractivity contribution in [3.05, 3.63) is 59.1 Å². The average molecular weight is 388 g/mol. The minimum absolute atomic E-state index is 0.0779. The van der Waals surface area contributed by atoms with Gasteiger partial charge in [0.15, 0.2) is 0 Å². The van der Waals surface area contributed by atoms with Gasteiger partial charge in [0.2, 0.25) is 5.91 Å². The summed E-state index contributed by atoms with van der Waals surface area (Å²) < 4.78 is 5.72.